The Morgan fingerprint density at radius 1 is 1.26 bits per heavy atom. The SMILES string of the molecule is CC1CCC(NS(=O)(=O)CC(=O)N2CCO[C@@H](C(=O)O)C2)CC1. The van der Waals surface area contributed by atoms with Crippen molar-refractivity contribution in [2.75, 3.05) is 25.4 Å². The van der Waals surface area contributed by atoms with Crippen molar-refractivity contribution >= 4 is 21.9 Å². The number of amides is 1. The predicted octanol–water partition coefficient (Wildman–Crippen LogP) is -0.203. The lowest BCUT2D eigenvalue weighted by atomic mass is 9.88. The Bertz CT molecular complexity index is 541. The number of hydrogen-bond acceptors (Lipinski definition) is 5. The van der Waals surface area contributed by atoms with Crippen LogP contribution in [0, 0.1) is 5.92 Å². The second-order valence-electron chi connectivity index (χ2n) is 6.37. The molecule has 132 valence electrons. The Morgan fingerprint density at radius 2 is 1.91 bits per heavy atom. The number of ether oxygens (including phenoxy) is 1. The number of carboxylic acid groups (broad SMARTS) is 1. The van der Waals surface area contributed by atoms with Crippen LogP contribution < -0.4 is 4.72 Å². The number of nitrogens with one attached hydrogen (secondary N) is 1. The highest BCUT2D eigenvalue weighted by molar-refractivity contribution is 7.90. The standard InChI is InChI=1S/C14H24N2O6S/c1-10-2-4-11(5-3-10)15-23(20,21)9-13(17)16-6-7-22-12(8-16)14(18)19/h10-12,15H,2-9H2,1H3,(H,18,19)/t10?,11?,12-/m1/s1. The molecule has 0 aromatic carbocycles. The van der Waals surface area contributed by atoms with Crippen molar-refractivity contribution in [1.82, 2.24) is 9.62 Å². The van der Waals surface area contributed by atoms with Gasteiger partial charge in [0.25, 0.3) is 0 Å². The molecule has 0 spiro atoms. The van der Waals surface area contributed by atoms with E-state index in [1.807, 2.05) is 0 Å². The molecule has 1 aliphatic carbocycles. The van der Waals surface area contributed by atoms with Gasteiger partial charge in [-0.2, -0.15) is 0 Å². The number of hydrogen-bond donors (Lipinski definition) is 2. The predicted molar refractivity (Wildman–Crippen MR) is 82.3 cm³/mol. The van der Waals surface area contributed by atoms with Crippen LogP contribution in [-0.2, 0) is 24.3 Å². The van der Waals surface area contributed by atoms with Gasteiger partial charge in [-0.05, 0) is 31.6 Å². The molecule has 1 aliphatic heterocycles. The zero-order valence-electron chi connectivity index (χ0n) is 13.2. The topological polar surface area (TPSA) is 113 Å². The average molecular weight is 348 g/mol. The zero-order chi connectivity index (χ0) is 17.0. The number of morpholine rings is 1. The van der Waals surface area contributed by atoms with E-state index in [1.54, 1.807) is 0 Å². The second kappa shape index (κ2) is 7.59. The van der Waals surface area contributed by atoms with E-state index in [1.165, 1.54) is 4.90 Å². The number of sulfonamides is 1. The van der Waals surface area contributed by atoms with E-state index in [2.05, 4.69) is 11.6 Å². The van der Waals surface area contributed by atoms with Crippen molar-refractivity contribution in [3.8, 4) is 0 Å². The maximum absolute atomic E-state index is 12.1. The van der Waals surface area contributed by atoms with E-state index in [9.17, 15) is 18.0 Å². The minimum Gasteiger partial charge on any atom is -0.479 e. The molecule has 0 radical (unpaired) electrons. The van der Waals surface area contributed by atoms with Crippen LogP contribution in [-0.4, -0.2) is 67.9 Å². The third-order valence-corrected chi connectivity index (χ3v) is 5.69. The maximum atomic E-state index is 12.1. The fraction of sp³-hybridized carbons (Fsp3) is 0.857. The first-order valence-electron chi connectivity index (χ1n) is 7.89. The van der Waals surface area contributed by atoms with Crippen molar-refractivity contribution in [2.24, 2.45) is 5.92 Å². The second-order valence-corrected chi connectivity index (χ2v) is 8.13. The number of carboxylic acids is 1. The van der Waals surface area contributed by atoms with Crippen LogP contribution in [0.3, 0.4) is 0 Å². The molecule has 2 rings (SSSR count). The molecule has 2 N–H and O–H groups in total. The number of rotatable bonds is 5. The first-order chi connectivity index (χ1) is 10.8. The molecule has 1 saturated carbocycles. The molecule has 9 heteroatoms. The Labute approximate surface area is 136 Å². The highest BCUT2D eigenvalue weighted by atomic mass is 32.2. The summed E-state index contributed by atoms with van der Waals surface area (Å²) in [6.45, 7) is 2.33. The summed E-state index contributed by atoms with van der Waals surface area (Å²) < 4.78 is 31.9. The summed E-state index contributed by atoms with van der Waals surface area (Å²) in [7, 11) is -3.71. The number of aliphatic carboxylic acids is 1. The van der Waals surface area contributed by atoms with E-state index in [4.69, 9.17) is 9.84 Å². The molecule has 0 bridgehead atoms. The quantitative estimate of drug-likeness (QED) is 0.711. The van der Waals surface area contributed by atoms with Gasteiger partial charge in [-0.25, -0.2) is 17.9 Å². The minimum absolute atomic E-state index is 0.0939. The molecule has 23 heavy (non-hydrogen) atoms. The van der Waals surface area contributed by atoms with Crippen LogP contribution in [0.1, 0.15) is 32.6 Å². The van der Waals surface area contributed by atoms with Crippen molar-refractivity contribution in [3.05, 3.63) is 0 Å². The highest BCUT2D eigenvalue weighted by Crippen LogP contribution is 2.23. The molecule has 1 atom stereocenters. The Morgan fingerprint density at radius 3 is 2.52 bits per heavy atom. The minimum atomic E-state index is -3.71. The molecule has 0 aromatic rings. The maximum Gasteiger partial charge on any atom is 0.334 e. The van der Waals surface area contributed by atoms with Crippen LogP contribution in [0.2, 0.25) is 0 Å². The average Bonchev–Trinajstić information content (AvgIpc) is 2.49. The van der Waals surface area contributed by atoms with Gasteiger partial charge in [-0.3, -0.25) is 4.79 Å². The van der Waals surface area contributed by atoms with Crippen molar-refractivity contribution in [2.45, 2.75) is 44.8 Å². The smallest absolute Gasteiger partial charge is 0.334 e. The Balaban J connectivity index is 1.86. The van der Waals surface area contributed by atoms with Crippen LogP contribution in [0.5, 0.6) is 0 Å². The summed E-state index contributed by atoms with van der Waals surface area (Å²) in [5, 5.41) is 8.91. The van der Waals surface area contributed by atoms with Crippen molar-refractivity contribution in [3.63, 3.8) is 0 Å². The fourth-order valence-electron chi connectivity index (χ4n) is 2.95. The van der Waals surface area contributed by atoms with Crippen LogP contribution >= 0.6 is 0 Å². The first-order valence-corrected chi connectivity index (χ1v) is 9.54. The van der Waals surface area contributed by atoms with Gasteiger partial charge >= 0.3 is 5.97 Å². The van der Waals surface area contributed by atoms with E-state index < -0.39 is 33.8 Å². The van der Waals surface area contributed by atoms with Gasteiger partial charge in [-0.1, -0.05) is 6.92 Å². The summed E-state index contributed by atoms with van der Waals surface area (Å²) in [5.41, 5.74) is 0. The lowest BCUT2D eigenvalue weighted by Crippen LogP contribution is -2.51. The molecular formula is C14H24N2O6S. The van der Waals surface area contributed by atoms with Crippen LogP contribution in [0.4, 0.5) is 0 Å². The third-order valence-electron chi connectivity index (χ3n) is 4.37. The molecule has 0 unspecified atom stereocenters. The normalized spacial score (nSPS) is 29.3. The zero-order valence-corrected chi connectivity index (χ0v) is 14.0. The molecule has 2 aliphatic rings. The molecule has 2 fully saturated rings. The van der Waals surface area contributed by atoms with Crippen LogP contribution in [0.25, 0.3) is 0 Å². The van der Waals surface area contributed by atoms with Gasteiger partial charge in [0.1, 0.15) is 5.75 Å². The fourth-order valence-corrected chi connectivity index (χ4v) is 4.29. The largest absolute Gasteiger partial charge is 0.479 e. The monoisotopic (exact) mass is 348 g/mol. The molecule has 1 amide bonds. The summed E-state index contributed by atoms with van der Waals surface area (Å²) in [6.07, 6.45) is 2.43. The summed E-state index contributed by atoms with van der Waals surface area (Å²) >= 11 is 0. The van der Waals surface area contributed by atoms with Crippen LogP contribution in [0.15, 0.2) is 0 Å². The lowest BCUT2D eigenvalue weighted by Gasteiger charge is -2.31. The van der Waals surface area contributed by atoms with E-state index in [-0.39, 0.29) is 25.7 Å². The van der Waals surface area contributed by atoms with Crippen molar-refractivity contribution < 1.29 is 27.9 Å². The lowest BCUT2D eigenvalue weighted by molar-refractivity contribution is -0.158. The van der Waals surface area contributed by atoms with Gasteiger partial charge in [0, 0.05) is 12.6 Å². The Kier molecular flexibility index (Phi) is 5.99. The van der Waals surface area contributed by atoms with Gasteiger partial charge in [-0.15, -0.1) is 0 Å². The first kappa shape index (κ1) is 18.2. The van der Waals surface area contributed by atoms with Gasteiger partial charge < -0.3 is 14.7 Å². The van der Waals surface area contributed by atoms with E-state index >= 15 is 0 Å². The van der Waals surface area contributed by atoms with Gasteiger partial charge in [0.2, 0.25) is 15.9 Å². The Hall–Kier alpha value is -1.19. The number of nitrogens with zero attached hydrogens (tertiary/aromatic N) is 1. The molecule has 0 aromatic heterocycles. The van der Waals surface area contributed by atoms with Crippen molar-refractivity contribution in [1.29, 1.82) is 0 Å². The molecule has 1 heterocycles. The summed E-state index contributed by atoms with van der Waals surface area (Å²) in [6, 6.07) is -0.111. The van der Waals surface area contributed by atoms with E-state index in [0.29, 0.717) is 5.92 Å². The summed E-state index contributed by atoms with van der Waals surface area (Å²) in [5.74, 6) is -1.78. The van der Waals surface area contributed by atoms with Gasteiger partial charge in [0.15, 0.2) is 6.10 Å². The summed E-state index contributed by atoms with van der Waals surface area (Å²) in [4.78, 5) is 24.3. The highest BCUT2D eigenvalue weighted by Gasteiger charge is 2.32. The molecule has 1 saturated heterocycles. The van der Waals surface area contributed by atoms with E-state index in [0.717, 1.165) is 25.7 Å². The third kappa shape index (κ3) is 5.43. The number of carbonyl (C=O) groups excluding carboxylic acids is 1. The number of carbonyl (C=O) groups is 2. The molecular weight excluding hydrogens is 324 g/mol. The molecule has 8 nitrogen and oxygen atoms in total. The van der Waals surface area contributed by atoms with Gasteiger partial charge in [0.05, 0.1) is 13.2 Å².